The van der Waals surface area contributed by atoms with E-state index in [0.29, 0.717) is 17.3 Å². The predicted molar refractivity (Wildman–Crippen MR) is 112 cm³/mol. The van der Waals surface area contributed by atoms with Gasteiger partial charge in [0.2, 0.25) is 5.91 Å². The molecule has 1 fully saturated rings. The molecule has 1 N–H and O–H groups in total. The van der Waals surface area contributed by atoms with Crippen LogP contribution in [0.25, 0.3) is 0 Å². The number of amides is 1. The molecule has 1 aliphatic heterocycles. The first-order valence-corrected chi connectivity index (χ1v) is 10.5. The molecule has 1 amide bonds. The molecule has 0 aromatic heterocycles. The lowest BCUT2D eigenvalue weighted by Crippen LogP contribution is -2.40. The summed E-state index contributed by atoms with van der Waals surface area (Å²) in [5.41, 5.74) is 0.510. The lowest BCUT2D eigenvalue weighted by molar-refractivity contribution is -0.138. The van der Waals surface area contributed by atoms with Crippen molar-refractivity contribution in [2.45, 2.75) is 32.1 Å². The smallest absolute Gasteiger partial charge is 0.416 e. The number of nitrogens with zero attached hydrogens (tertiary/aromatic N) is 1. The minimum Gasteiger partial charge on any atom is -0.497 e. The largest absolute Gasteiger partial charge is 0.497 e. The summed E-state index contributed by atoms with van der Waals surface area (Å²) in [7, 11) is 1.63. The number of carbonyl (C=O) groups excluding carboxylic acids is 1. The van der Waals surface area contributed by atoms with E-state index < -0.39 is 11.7 Å². The van der Waals surface area contributed by atoms with Gasteiger partial charge >= 0.3 is 6.18 Å². The number of benzene rings is 2. The van der Waals surface area contributed by atoms with E-state index in [-0.39, 0.29) is 23.9 Å². The van der Waals surface area contributed by atoms with Crippen molar-refractivity contribution in [2.75, 3.05) is 20.2 Å². The van der Waals surface area contributed by atoms with Crippen LogP contribution in [0.2, 0.25) is 0 Å². The van der Waals surface area contributed by atoms with Crippen LogP contribution in [0.15, 0.2) is 46.9 Å². The topological polar surface area (TPSA) is 41.6 Å². The van der Waals surface area contributed by atoms with Crippen molar-refractivity contribution >= 4 is 21.8 Å². The molecule has 0 radical (unpaired) electrons. The Morgan fingerprint density at radius 2 is 1.83 bits per heavy atom. The third kappa shape index (κ3) is 5.98. The Morgan fingerprint density at radius 1 is 1.17 bits per heavy atom. The number of hydrogen-bond acceptors (Lipinski definition) is 3. The van der Waals surface area contributed by atoms with Crippen molar-refractivity contribution in [1.82, 2.24) is 10.2 Å². The van der Waals surface area contributed by atoms with Gasteiger partial charge in [-0.15, -0.1) is 0 Å². The summed E-state index contributed by atoms with van der Waals surface area (Å²) in [6.07, 6.45) is -3.08. The molecule has 1 aliphatic rings. The molecule has 4 nitrogen and oxygen atoms in total. The molecular weight excluding hydrogens is 461 g/mol. The number of piperidine rings is 1. The van der Waals surface area contributed by atoms with E-state index in [1.165, 1.54) is 11.6 Å². The predicted octanol–water partition coefficient (Wildman–Crippen LogP) is 5.00. The summed E-state index contributed by atoms with van der Waals surface area (Å²) in [5.74, 6) is 0.450. The van der Waals surface area contributed by atoms with Crippen molar-refractivity contribution in [2.24, 2.45) is 5.92 Å². The summed E-state index contributed by atoms with van der Waals surface area (Å²) in [6.45, 7) is 2.21. The maximum atomic E-state index is 13.2. The number of nitrogens with one attached hydrogen (secondary N) is 1. The first kappa shape index (κ1) is 22.6. The zero-order chi connectivity index (χ0) is 21.7. The molecule has 0 bridgehead atoms. The van der Waals surface area contributed by atoms with Gasteiger partial charge in [-0.25, -0.2) is 0 Å². The Bertz CT molecular complexity index is 864. The van der Waals surface area contributed by atoms with Crippen LogP contribution >= 0.6 is 15.9 Å². The minimum atomic E-state index is -4.46. The average molecular weight is 485 g/mol. The van der Waals surface area contributed by atoms with Crippen molar-refractivity contribution < 1.29 is 22.7 Å². The maximum absolute atomic E-state index is 13.2. The summed E-state index contributed by atoms with van der Waals surface area (Å²) < 4.78 is 45.2. The molecule has 8 heteroatoms. The van der Waals surface area contributed by atoms with E-state index in [0.717, 1.165) is 31.5 Å². The Labute approximate surface area is 182 Å². The first-order valence-electron chi connectivity index (χ1n) is 9.75. The van der Waals surface area contributed by atoms with Crippen LogP contribution in [0, 0.1) is 5.92 Å². The molecule has 2 aromatic carbocycles. The van der Waals surface area contributed by atoms with Crippen molar-refractivity contribution in [3.63, 3.8) is 0 Å². The van der Waals surface area contributed by atoms with Crippen molar-refractivity contribution in [1.29, 1.82) is 0 Å². The molecule has 1 saturated heterocycles. The number of halogens is 4. The quantitative estimate of drug-likeness (QED) is 0.626. The number of ether oxygens (including phenoxy) is 1. The average Bonchev–Trinajstić information content (AvgIpc) is 2.73. The van der Waals surface area contributed by atoms with Gasteiger partial charge in [-0.2, -0.15) is 13.2 Å². The van der Waals surface area contributed by atoms with Crippen LogP contribution in [0.1, 0.15) is 29.5 Å². The van der Waals surface area contributed by atoms with Gasteiger partial charge in [-0.1, -0.05) is 34.1 Å². The van der Waals surface area contributed by atoms with Gasteiger partial charge < -0.3 is 10.1 Å². The molecule has 0 aliphatic carbocycles. The lowest BCUT2D eigenvalue weighted by atomic mass is 9.95. The van der Waals surface area contributed by atoms with Crippen LogP contribution < -0.4 is 10.1 Å². The maximum Gasteiger partial charge on any atom is 0.416 e. The second-order valence-corrected chi connectivity index (χ2v) is 8.33. The van der Waals surface area contributed by atoms with Gasteiger partial charge in [-0.05, 0) is 61.3 Å². The fraction of sp³-hybridized carbons (Fsp3) is 0.409. The molecule has 1 heterocycles. The number of likely N-dealkylation sites (tertiary alicyclic amines) is 1. The standard InChI is InChI=1S/C22H24BrF3N2O2/c1-30-19-6-2-15(3-7-19)14-28-10-8-16(9-11-28)21(29)27-13-17-4-5-18(23)12-20(17)22(24,25)26/h2-7,12,16H,8-11,13-14H2,1H3,(H,27,29). The Kier molecular flexibility index (Phi) is 7.41. The van der Waals surface area contributed by atoms with Gasteiger partial charge in [-0.3, -0.25) is 9.69 Å². The molecule has 3 rings (SSSR count). The Morgan fingerprint density at radius 3 is 2.43 bits per heavy atom. The van der Waals surface area contributed by atoms with Gasteiger partial charge in [0, 0.05) is 23.5 Å². The molecule has 2 aromatic rings. The van der Waals surface area contributed by atoms with Crippen LogP contribution in [0.3, 0.4) is 0 Å². The number of hydrogen-bond donors (Lipinski definition) is 1. The Balaban J connectivity index is 1.50. The summed E-state index contributed by atoms with van der Waals surface area (Å²) >= 11 is 3.07. The monoisotopic (exact) mass is 484 g/mol. The van der Waals surface area contributed by atoms with Crippen molar-refractivity contribution in [3.05, 3.63) is 63.6 Å². The van der Waals surface area contributed by atoms with Gasteiger partial charge in [0.25, 0.3) is 0 Å². The van der Waals surface area contributed by atoms with E-state index in [4.69, 9.17) is 4.74 Å². The van der Waals surface area contributed by atoms with Gasteiger partial charge in [0.05, 0.1) is 12.7 Å². The lowest BCUT2D eigenvalue weighted by Gasteiger charge is -2.31. The summed E-state index contributed by atoms with van der Waals surface area (Å²) in [4.78, 5) is 14.8. The van der Waals surface area contributed by atoms with Crippen LogP contribution in [-0.2, 0) is 24.1 Å². The highest BCUT2D eigenvalue weighted by atomic mass is 79.9. The fourth-order valence-corrected chi connectivity index (χ4v) is 4.00. The third-order valence-electron chi connectivity index (χ3n) is 5.35. The highest BCUT2D eigenvalue weighted by Gasteiger charge is 2.33. The molecular formula is C22H24BrF3N2O2. The van der Waals surface area contributed by atoms with Crippen molar-refractivity contribution in [3.8, 4) is 5.75 Å². The number of methoxy groups -OCH3 is 1. The third-order valence-corrected chi connectivity index (χ3v) is 5.85. The molecule has 0 atom stereocenters. The first-order chi connectivity index (χ1) is 14.3. The molecule has 162 valence electrons. The second kappa shape index (κ2) is 9.83. The van der Waals surface area contributed by atoms with Gasteiger partial charge in [0.15, 0.2) is 0 Å². The normalized spacial score (nSPS) is 15.8. The van der Waals surface area contributed by atoms with E-state index >= 15 is 0 Å². The van der Waals surface area contributed by atoms with Gasteiger partial charge in [0.1, 0.15) is 5.75 Å². The van der Waals surface area contributed by atoms with E-state index in [2.05, 4.69) is 26.1 Å². The molecule has 0 unspecified atom stereocenters. The van der Waals surface area contributed by atoms with E-state index in [1.54, 1.807) is 13.2 Å². The Hall–Kier alpha value is -2.06. The van der Waals surface area contributed by atoms with E-state index in [1.807, 2.05) is 24.3 Å². The zero-order valence-corrected chi connectivity index (χ0v) is 18.2. The molecule has 0 spiro atoms. The SMILES string of the molecule is COc1ccc(CN2CCC(C(=O)NCc3ccc(Br)cc3C(F)(F)F)CC2)cc1. The summed E-state index contributed by atoms with van der Waals surface area (Å²) in [6, 6.07) is 11.9. The van der Waals surface area contributed by atoms with Crippen LogP contribution in [0.4, 0.5) is 13.2 Å². The highest BCUT2D eigenvalue weighted by molar-refractivity contribution is 9.10. The van der Waals surface area contributed by atoms with Crippen LogP contribution in [-0.4, -0.2) is 31.0 Å². The number of carbonyl (C=O) groups is 1. The summed E-state index contributed by atoms with van der Waals surface area (Å²) in [5, 5.41) is 2.69. The highest BCUT2D eigenvalue weighted by Crippen LogP contribution is 2.34. The zero-order valence-electron chi connectivity index (χ0n) is 16.6. The van der Waals surface area contributed by atoms with E-state index in [9.17, 15) is 18.0 Å². The molecule has 0 saturated carbocycles. The fourth-order valence-electron chi connectivity index (χ4n) is 3.64. The second-order valence-electron chi connectivity index (χ2n) is 7.42. The van der Waals surface area contributed by atoms with Crippen LogP contribution in [0.5, 0.6) is 5.75 Å². The number of alkyl halides is 3. The minimum absolute atomic E-state index is 0.0657. The number of rotatable bonds is 6. The molecule has 30 heavy (non-hydrogen) atoms.